The second-order valence-electron chi connectivity index (χ2n) is 9.06. The number of benzene rings is 1. The summed E-state index contributed by atoms with van der Waals surface area (Å²) < 4.78 is 51.1. The van der Waals surface area contributed by atoms with Gasteiger partial charge in [0.15, 0.2) is 0 Å². The van der Waals surface area contributed by atoms with Crippen LogP contribution in [0.25, 0.3) is 0 Å². The number of aliphatic hydroxyl groups is 1. The number of aliphatic hydroxyl groups excluding tert-OH is 1. The molecule has 2 heterocycles. The average molecular weight is 455 g/mol. The smallest absolute Gasteiger partial charge is 0.295 e. The van der Waals surface area contributed by atoms with Crippen LogP contribution in [0.2, 0.25) is 0 Å². The highest BCUT2D eigenvalue weighted by molar-refractivity contribution is 7.87. The topological polar surface area (TPSA) is 103 Å². The Morgan fingerprint density at radius 1 is 1.29 bits per heavy atom. The van der Waals surface area contributed by atoms with Gasteiger partial charge in [-0.3, -0.25) is 0 Å². The van der Waals surface area contributed by atoms with Gasteiger partial charge in [-0.1, -0.05) is 19.4 Å². The Morgan fingerprint density at radius 2 is 1.97 bits per heavy atom. The quantitative estimate of drug-likeness (QED) is 0.611. The Bertz CT molecular complexity index is 958. The lowest BCUT2D eigenvalue weighted by Crippen LogP contribution is -2.54. The van der Waals surface area contributed by atoms with Gasteiger partial charge in [-0.15, -0.1) is 5.10 Å². The number of ether oxygens (including phenoxy) is 1. The summed E-state index contributed by atoms with van der Waals surface area (Å²) in [4.78, 5) is 0. The van der Waals surface area contributed by atoms with E-state index in [0.29, 0.717) is 30.5 Å². The Kier molecular flexibility index (Phi) is 6.26. The van der Waals surface area contributed by atoms with E-state index < -0.39 is 34.4 Å². The van der Waals surface area contributed by atoms with Crippen LogP contribution in [0.4, 0.5) is 4.39 Å². The fraction of sp³-hybridized carbons (Fsp3) is 0.667. The van der Waals surface area contributed by atoms with Crippen molar-refractivity contribution < 1.29 is 22.7 Å². The third-order valence-electron chi connectivity index (χ3n) is 6.90. The minimum Gasteiger partial charge on any atom is -0.429 e. The first-order valence-electron chi connectivity index (χ1n) is 10.9. The van der Waals surface area contributed by atoms with Gasteiger partial charge in [0, 0.05) is 19.0 Å². The van der Waals surface area contributed by atoms with Gasteiger partial charge < -0.3 is 9.84 Å². The van der Waals surface area contributed by atoms with E-state index in [4.69, 9.17) is 4.74 Å². The fourth-order valence-corrected chi connectivity index (χ4v) is 6.73. The van der Waals surface area contributed by atoms with E-state index in [9.17, 15) is 17.9 Å². The van der Waals surface area contributed by atoms with Gasteiger partial charge in [-0.05, 0) is 67.7 Å². The SMILES string of the molecule is Cc1ccc(F)c([C@@H](C)[C@H](NS(=O)(=O)N2CC3CCCC(C3)C2)C2=NNC(O)O2)c1C. The van der Waals surface area contributed by atoms with E-state index in [0.717, 1.165) is 36.8 Å². The van der Waals surface area contributed by atoms with Crippen LogP contribution < -0.4 is 10.1 Å². The highest BCUT2D eigenvalue weighted by Gasteiger charge is 2.41. The van der Waals surface area contributed by atoms with Gasteiger partial charge in [0.25, 0.3) is 16.6 Å². The molecule has 5 atom stereocenters. The maximum atomic E-state index is 14.8. The van der Waals surface area contributed by atoms with Crippen molar-refractivity contribution in [1.82, 2.24) is 14.5 Å². The largest absolute Gasteiger partial charge is 0.429 e. The molecule has 2 bridgehead atoms. The van der Waals surface area contributed by atoms with Crippen LogP contribution in [0, 0.1) is 31.5 Å². The summed E-state index contributed by atoms with van der Waals surface area (Å²) in [5.41, 5.74) is 4.42. The molecule has 31 heavy (non-hydrogen) atoms. The Balaban J connectivity index is 1.64. The molecule has 4 rings (SSSR count). The standard InChI is InChI=1S/C21H31FN4O4S/c1-12-7-8-17(22)18(13(12)2)14(3)19(20-23-24-21(27)30-20)25-31(28,29)26-10-15-5-4-6-16(9-15)11-26/h7-8,14-16,19,21,24-25,27H,4-6,9-11H2,1-3H3/t14-,15?,16?,19+,21?/m1/s1. The van der Waals surface area contributed by atoms with Crippen LogP contribution >= 0.6 is 0 Å². The van der Waals surface area contributed by atoms with Gasteiger partial charge >= 0.3 is 0 Å². The summed E-state index contributed by atoms with van der Waals surface area (Å²) in [6.07, 6.45) is 2.94. The lowest BCUT2D eigenvalue weighted by molar-refractivity contribution is -0.0359. The first-order valence-corrected chi connectivity index (χ1v) is 12.3. The normalized spacial score (nSPS) is 28.4. The van der Waals surface area contributed by atoms with Crippen molar-refractivity contribution in [3.8, 4) is 0 Å². The van der Waals surface area contributed by atoms with Crippen molar-refractivity contribution in [1.29, 1.82) is 0 Å². The maximum Gasteiger partial charge on any atom is 0.295 e. The van der Waals surface area contributed by atoms with Crippen molar-refractivity contribution in [3.63, 3.8) is 0 Å². The molecule has 0 radical (unpaired) electrons. The lowest BCUT2D eigenvalue weighted by atomic mass is 9.79. The van der Waals surface area contributed by atoms with Crippen molar-refractivity contribution in [2.75, 3.05) is 13.1 Å². The van der Waals surface area contributed by atoms with Gasteiger partial charge in [0.05, 0.1) is 0 Å². The number of rotatable bonds is 6. The maximum absolute atomic E-state index is 14.8. The molecule has 3 unspecified atom stereocenters. The Morgan fingerprint density at radius 3 is 2.58 bits per heavy atom. The zero-order valence-corrected chi connectivity index (χ0v) is 19.0. The number of hydrazone groups is 1. The molecule has 2 aliphatic heterocycles. The number of halogens is 1. The van der Waals surface area contributed by atoms with Crippen LogP contribution in [0.3, 0.4) is 0 Å². The summed E-state index contributed by atoms with van der Waals surface area (Å²) in [5, 5.41) is 13.7. The number of hydrogen-bond donors (Lipinski definition) is 3. The molecule has 10 heteroatoms. The highest BCUT2D eigenvalue weighted by Crippen LogP contribution is 2.36. The minimum absolute atomic E-state index is 0.0129. The van der Waals surface area contributed by atoms with E-state index in [1.807, 2.05) is 13.8 Å². The molecule has 3 aliphatic rings. The van der Waals surface area contributed by atoms with Gasteiger partial charge in [0.2, 0.25) is 5.90 Å². The molecule has 172 valence electrons. The second-order valence-corrected chi connectivity index (χ2v) is 10.8. The van der Waals surface area contributed by atoms with Crippen molar-refractivity contribution in [2.24, 2.45) is 16.9 Å². The second kappa shape index (κ2) is 8.65. The molecule has 1 saturated carbocycles. The van der Waals surface area contributed by atoms with Crippen LogP contribution in [0.15, 0.2) is 17.2 Å². The fourth-order valence-electron chi connectivity index (χ4n) is 5.14. The average Bonchev–Trinajstić information content (AvgIpc) is 3.15. The summed E-state index contributed by atoms with van der Waals surface area (Å²) >= 11 is 0. The minimum atomic E-state index is -3.88. The summed E-state index contributed by atoms with van der Waals surface area (Å²) in [6.45, 7) is 6.40. The molecule has 1 aliphatic carbocycles. The van der Waals surface area contributed by atoms with Crippen LogP contribution in [0.1, 0.15) is 55.2 Å². The molecular formula is C21H31FN4O4S. The van der Waals surface area contributed by atoms with Crippen molar-refractivity contribution >= 4 is 16.1 Å². The van der Waals surface area contributed by atoms with Crippen LogP contribution in [-0.4, -0.2) is 49.3 Å². The predicted molar refractivity (Wildman–Crippen MR) is 115 cm³/mol. The number of nitrogens with one attached hydrogen (secondary N) is 2. The highest BCUT2D eigenvalue weighted by atomic mass is 32.2. The first kappa shape index (κ1) is 22.4. The molecule has 2 fully saturated rings. The van der Waals surface area contributed by atoms with E-state index >= 15 is 0 Å². The molecule has 0 aromatic heterocycles. The molecule has 1 saturated heterocycles. The third kappa shape index (κ3) is 4.57. The van der Waals surface area contributed by atoms with Crippen LogP contribution in [-0.2, 0) is 14.9 Å². The number of piperidine rings is 1. The predicted octanol–water partition coefficient (Wildman–Crippen LogP) is 2.08. The molecule has 0 amide bonds. The number of nitrogens with zero attached hydrogens (tertiary/aromatic N) is 2. The van der Waals surface area contributed by atoms with Gasteiger partial charge in [0.1, 0.15) is 11.9 Å². The Labute approximate surface area is 183 Å². The van der Waals surface area contributed by atoms with Gasteiger partial charge in [-0.2, -0.15) is 17.4 Å². The van der Waals surface area contributed by atoms with Gasteiger partial charge in [-0.25, -0.2) is 9.82 Å². The number of fused-ring (bicyclic) bond motifs is 2. The summed E-state index contributed by atoms with van der Waals surface area (Å²) in [7, 11) is -3.88. The molecule has 3 N–H and O–H groups in total. The summed E-state index contributed by atoms with van der Waals surface area (Å²) in [5.74, 6) is -0.301. The van der Waals surface area contributed by atoms with Crippen LogP contribution in [0.5, 0.6) is 0 Å². The van der Waals surface area contributed by atoms with E-state index in [2.05, 4.69) is 15.2 Å². The zero-order chi connectivity index (χ0) is 22.3. The molecule has 8 nitrogen and oxygen atoms in total. The monoisotopic (exact) mass is 454 g/mol. The number of hydrogen-bond acceptors (Lipinski definition) is 6. The molecule has 1 aromatic rings. The molecule has 0 spiro atoms. The van der Waals surface area contributed by atoms with E-state index in [1.165, 1.54) is 10.4 Å². The molecular weight excluding hydrogens is 423 g/mol. The zero-order valence-electron chi connectivity index (χ0n) is 18.1. The number of aryl methyl sites for hydroxylation is 1. The van der Waals surface area contributed by atoms with Crippen molar-refractivity contribution in [2.45, 2.75) is 64.8 Å². The lowest BCUT2D eigenvalue weighted by Gasteiger charge is -2.41. The first-order chi connectivity index (χ1) is 14.7. The Hall–Kier alpha value is -1.75. The molecule has 1 aromatic carbocycles. The van der Waals surface area contributed by atoms with E-state index in [-0.39, 0.29) is 5.90 Å². The third-order valence-corrected chi connectivity index (χ3v) is 8.43. The van der Waals surface area contributed by atoms with Crippen molar-refractivity contribution in [3.05, 3.63) is 34.6 Å². The summed E-state index contributed by atoms with van der Waals surface area (Å²) in [6, 6.07) is 2.10. The van der Waals surface area contributed by atoms with E-state index in [1.54, 1.807) is 13.0 Å².